The Bertz CT molecular complexity index is 1090. The van der Waals surface area contributed by atoms with E-state index >= 15 is 0 Å². The zero-order valence-electron chi connectivity index (χ0n) is 18.6. The summed E-state index contributed by atoms with van der Waals surface area (Å²) in [7, 11) is 1.58. The molecule has 1 fully saturated rings. The number of hydrogen-bond acceptors (Lipinski definition) is 9. The molecule has 0 amide bonds. The van der Waals surface area contributed by atoms with Crippen molar-refractivity contribution in [3.05, 3.63) is 35.9 Å². The number of aliphatic hydroxyl groups excluding tert-OH is 2. The number of pyridine rings is 1. The van der Waals surface area contributed by atoms with Crippen LogP contribution >= 0.6 is 0 Å². The second kappa shape index (κ2) is 9.64. The van der Waals surface area contributed by atoms with E-state index in [1.165, 1.54) is 0 Å². The van der Waals surface area contributed by atoms with Crippen LogP contribution in [0, 0.1) is 0 Å². The van der Waals surface area contributed by atoms with Crippen molar-refractivity contribution < 1.29 is 19.7 Å². The minimum atomic E-state index is -0.195. The zero-order valence-corrected chi connectivity index (χ0v) is 18.6. The maximum Gasteiger partial charge on any atom is 0.227 e. The molecule has 0 bridgehead atoms. The summed E-state index contributed by atoms with van der Waals surface area (Å²) in [4.78, 5) is 16.4. The molecule has 3 heterocycles. The summed E-state index contributed by atoms with van der Waals surface area (Å²) in [6.45, 7) is 5.79. The Hall–Kier alpha value is -3.01. The highest BCUT2D eigenvalue weighted by Gasteiger charge is 2.24. The smallest absolute Gasteiger partial charge is 0.227 e. The predicted octanol–water partition coefficient (Wildman–Crippen LogP) is 2.21. The molecular weight excluding hydrogens is 410 g/mol. The van der Waals surface area contributed by atoms with Crippen LogP contribution in [-0.4, -0.2) is 70.7 Å². The Kier molecular flexibility index (Phi) is 6.69. The van der Waals surface area contributed by atoms with Crippen molar-refractivity contribution in [3.8, 4) is 17.0 Å². The molecule has 9 heteroatoms. The lowest BCUT2D eigenvalue weighted by Gasteiger charge is -2.35. The Morgan fingerprint density at radius 2 is 2.06 bits per heavy atom. The number of nitrogens with one attached hydrogen (secondary N) is 1. The topological polar surface area (TPSA) is 113 Å². The summed E-state index contributed by atoms with van der Waals surface area (Å²) >= 11 is 0. The molecule has 0 aliphatic carbocycles. The van der Waals surface area contributed by atoms with Gasteiger partial charge in [0.15, 0.2) is 5.65 Å². The van der Waals surface area contributed by atoms with Gasteiger partial charge in [0.05, 0.1) is 50.7 Å². The number of aromatic nitrogens is 3. The number of morpholine rings is 1. The summed E-state index contributed by atoms with van der Waals surface area (Å²) in [5.74, 6) is 1.85. The van der Waals surface area contributed by atoms with Gasteiger partial charge < -0.3 is 29.9 Å². The summed E-state index contributed by atoms with van der Waals surface area (Å²) in [6, 6.07) is 9.49. The number of hydrogen-bond donors (Lipinski definition) is 3. The van der Waals surface area contributed by atoms with Crippen molar-refractivity contribution in [2.75, 3.05) is 43.7 Å². The van der Waals surface area contributed by atoms with Crippen LogP contribution in [-0.2, 0) is 11.3 Å². The normalized spacial score (nSPS) is 17.4. The summed E-state index contributed by atoms with van der Waals surface area (Å²) in [5, 5.41) is 23.1. The minimum absolute atomic E-state index is 0.0338. The van der Waals surface area contributed by atoms with Crippen LogP contribution in [0.5, 0.6) is 5.75 Å². The number of aliphatic hydroxyl groups is 2. The first-order valence-corrected chi connectivity index (χ1v) is 10.7. The standard InChI is InChI=1S/C23H29N5O4/c1-14(11-29)24-23-26-21-18(22(27-23)28-8-9-32-13-15(28)2)5-6-19(25-21)16-4-7-20(31-3)17(10-16)12-30/h4-7,10,14-15,29-30H,8-9,11-13H2,1-3H3,(H,24,25,26,27)/t14-,15+/m1/s1. The van der Waals surface area contributed by atoms with Gasteiger partial charge >= 0.3 is 0 Å². The highest BCUT2D eigenvalue weighted by molar-refractivity contribution is 5.90. The minimum Gasteiger partial charge on any atom is -0.496 e. The van der Waals surface area contributed by atoms with Crippen LogP contribution < -0.4 is 15.0 Å². The van der Waals surface area contributed by atoms with Crippen LogP contribution in [0.25, 0.3) is 22.3 Å². The quantitative estimate of drug-likeness (QED) is 0.510. The number of ether oxygens (including phenoxy) is 2. The molecule has 0 radical (unpaired) electrons. The molecule has 1 saturated heterocycles. The maximum absolute atomic E-state index is 9.68. The molecule has 4 rings (SSSR count). The van der Waals surface area contributed by atoms with E-state index in [1.54, 1.807) is 7.11 Å². The largest absolute Gasteiger partial charge is 0.496 e. The van der Waals surface area contributed by atoms with E-state index in [0.29, 0.717) is 36.1 Å². The third-order valence-electron chi connectivity index (χ3n) is 5.58. The lowest BCUT2D eigenvalue weighted by Crippen LogP contribution is -2.44. The number of rotatable bonds is 7. The van der Waals surface area contributed by atoms with Gasteiger partial charge in [-0.05, 0) is 44.2 Å². The van der Waals surface area contributed by atoms with E-state index < -0.39 is 0 Å². The van der Waals surface area contributed by atoms with Crippen LogP contribution in [0.1, 0.15) is 19.4 Å². The van der Waals surface area contributed by atoms with Gasteiger partial charge in [-0.25, -0.2) is 4.98 Å². The highest BCUT2D eigenvalue weighted by Crippen LogP contribution is 2.31. The molecule has 1 aliphatic rings. The molecule has 170 valence electrons. The van der Waals surface area contributed by atoms with Crippen molar-refractivity contribution in [1.82, 2.24) is 15.0 Å². The first-order valence-electron chi connectivity index (χ1n) is 10.7. The molecule has 2 atom stereocenters. The first kappa shape index (κ1) is 22.2. The molecule has 9 nitrogen and oxygen atoms in total. The van der Waals surface area contributed by atoms with E-state index in [4.69, 9.17) is 19.4 Å². The number of methoxy groups -OCH3 is 1. The van der Waals surface area contributed by atoms with Gasteiger partial charge in [0.25, 0.3) is 0 Å². The van der Waals surface area contributed by atoms with Gasteiger partial charge in [-0.3, -0.25) is 0 Å². The molecule has 32 heavy (non-hydrogen) atoms. The molecule has 0 unspecified atom stereocenters. The average Bonchev–Trinajstić information content (AvgIpc) is 2.83. The maximum atomic E-state index is 9.68. The zero-order chi connectivity index (χ0) is 22.7. The molecule has 2 aromatic heterocycles. The fourth-order valence-corrected chi connectivity index (χ4v) is 3.81. The third kappa shape index (κ3) is 4.45. The molecule has 0 saturated carbocycles. The second-order valence-corrected chi connectivity index (χ2v) is 7.97. The average molecular weight is 440 g/mol. The van der Waals surface area contributed by atoms with Crippen molar-refractivity contribution >= 4 is 22.8 Å². The van der Waals surface area contributed by atoms with E-state index in [-0.39, 0.29) is 25.3 Å². The fourth-order valence-electron chi connectivity index (χ4n) is 3.81. The molecule has 3 aromatic rings. The Morgan fingerprint density at radius 1 is 1.22 bits per heavy atom. The number of benzene rings is 1. The van der Waals surface area contributed by atoms with Gasteiger partial charge in [0.2, 0.25) is 5.95 Å². The Morgan fingerprint density at radius 3 is 2.78 bits per heavy atom. The van der Waals surface area contributed by atoms with E-state index in [2.05, 4.69) is 22.1 Å². The van der Waals surface area contributed by atoms with E-state index in [9.17, 15) is 10.2 Å². The van der Waals surface area contributed by atoms with Crippen LogP contribution in [0.4, 0.5) is 11.8 Å². The summed E-state index contributed by atoms with van der Waals surface area (Å²) in [5.41, 5.74) is 2.84. The van der Waals surface area contributed by atoms with Gasteiger partial charge in [-0.1, -0.05) is 0 Å². The number of fused-ring (bicyclic) bond motifs is 1. The van der Waals surface area contributed by atoms with Crippen LogP contribution in [0.15, 0.2) is 30.3 Å². The lowest BCUT2D eigenvalue weighted by atomic mass is 10.1. The monoisotopic (exact) mass is 439 g/mol. The molecule has 1 aromatic carbocycles. The van der Waals surface area contributed by atoms with Crippen LogP contribution in [0.2, 0.25) is 0 Å². The van der Waals surface area contributed by atoms with Crippen molar-refractivity contribution in [3.63, 3.8) is 0 Å². The summed E-state index contributed by atoms with van der Waals surface area (Å²) < 4.78 is 10.9. The summed E-state index contributed by atoms with van der Waals surface area (Å²) in [6.07, 6.45) is 0. The van der Waals surface area contributed by atoms with Gasteiger partial charge in [0.1, 0.15) is 11.6 Å². The predicted molar refractivity (Wildman–Crippen MR) is 123 cm³/mol. The fraction of sp³-hybridized carbons (Fsp3) is 0.435. The van der Waals surface area contributed by atoms with Gasteiger partial charge in [-0.2, -0.15) is 9.97 Å². The number of nitrogens with zero attached hydrogens (tertiary/aromatic N) is 4. The molecular formula is C23H29N5O4. The molecule has 0 spiro atoms. The van der Waals surface area contributed by atoms with Gasteiger partial charge in [0, 0.05) is 23.7 Å². The first-order chi connectivity index (χ1) is 15.5. The highest BCUT2D eigenvalue weighted by atomic mass is 16.5. The van der Waals surface area contributed by atoms with E-state index in [1.807, 2.05) is 37.3 Å². The van der Waals surface area contributed by atoms with Crippen molar-refractivity contribution in [2.24, 2.45) is 0 Å². The van der Waals surface area contributed by atoms with E-state index in [0.717, 1.165) is 29.0 Å². The molecule has 3 N–H and O–H groups in total. The van der Waals surface area contributed by atoms with Crippen molar-refractivity contribution in [2.45, 2.75) is 32.5 Å². The third-order valence-corrected chi connectivity index (χ3v) is 5.58. The second-order valence-electron chi connectivity index (χ2n) is 7.97. The Balaban J connectivity index is 1.82. The Labute approximate surface area is 187 Å². The lowest BCUT2D eigenvalue weighted by molar-refractivity contribution is 0.0987. The number of anilines is 2. The van der Waals surface area contributed by atoms with Gasteiger partial charge in [-0.15, -0.1) is 0 Å². The van der Waals surface area contributed by atoms with Crippen LogP contribution in [0.3, 0.4) is 0 Å². The SMILES string of the molecule is COc1ccc(-c2ccc3c(N4CCOC[C@@H]4C)nc(N[C@H](C)CO)nc3n2)cc1CO. The molecule has 1 aliphatic heterocycles. The van der Waals surface area contributed by atoms with Crippen molar-refractivity contribution in [1.29, 1.82) is 0 Å².